The molecule has 0 N–H and O–H groups in total. The van der Waals surface area contributed by atoms with Crippen LogP contribution in [0.15, 0.2) is 107 Å². The van der Waals surface area contributed by atoms with Gasteiger partial charge in [0.1, 0.15) is 21.7 Å². The van der Waals surface area contributed by atoms with Gasteiger partial charge in [0.05, 0.1) is 0 Å². The van der Waals surface area contributed by atoms with Crippen molar-refractivity contribution in [3.8, 4) is 22.3 Å². The Hall–Kier alpha value is -4.23. The largest absolute Gasteiger partial charge is 0.237 e. The first kappa shape index (κ1) is 21.3. The van der Waals surface area contributed by atoms with E-state index in [1.54, 1.807) is 36.7 Å². The fourth-order valence-corrected chi connectivity index (χ4v) is 4.92. The van der Waals surface area contributed by atoms with Gasteiger partial charge in [-0.3, -0.25) is 0 Å². The van der Waals surface area contributed by atoms with Crippen LogP contribution in [-0.4, -0.2) is 19.9 Å². The summed E-state index contributed by atoms with van der Waals surface area (Å²) in [5.74, 6) is -0.613. The molecule has 0 bridgehead atoms. The minimum atomic E-state index is -0.306. The summed E-state index contributed by atoms with van der Waals surface area (Å²) in [5, 5.41) is 3.11. The molecule has 35 heavy (non-hydrogen) atoms. The second-order valence-corrected chi connectivity index (χ2v) is 8.88. The van der Waals surface area contributed by atoms with Crippen LogP contribution in [0, 0.1) is 11.6 Å². The van der Waals surface area contributed by atoms with E-state index in [2.05, 4.69) is 9.97 Å². The molecule has 6 aromatic rings. The fraction of sp³-hybridized carbons (Fsp3) is 0. The Kier molecular flexibility index (Phi) is 5.39. The van der Waals surface area contributed by atoms with E-state index in [-0.39, 0.29) is 11.6 Å². The predicted molar refractivity (Wildman–Crippen MR) is 134 cm³/mol. The summed E-state index contributed by atoms with van der Waals surface area (Å²) in [6.45, 7) is 0. The molecular formula is C28H16F2N4S. The zero-order valence-corrected chi connectivity index (χ0v) is 19.0. The lowest BCUT2D eigenvalue weighted by Gasteiger charge is -2.13. The van der Waals surface area contributed by atoms with Gasteiger partial charge in [-0.15, -0.1) is 0 Å². The van der Waals surface area contributed by atoms with E-state index in [1.807, 2.05) is 36.4 Å². The molecule has 4 heterocycles. The summed E-state index contributed by atoms with van der Waals surface area (Å²) >= 11 is 1.38. The van der Waals surface area contributed by atoms with Gasteiger partial charge in [0.2, 0.25) is 0 Å². The van der Waals surface area contributed by atoms with Crippen molar-refractivity contribution < 1.29 is 8.78 Å². The molecule has 0 atom stereocenters. The van der Waals surface area contributed by atoms with Crippen LogP contribution in [0.3, 0.4) is 0 Å². The van der Waals surface area contributed by atoms with E-state index in [0.29, 0.717) is 21.3 Å². The maximum Gasteiger partial charge on any atom is 0.160 e. The second-order valence-electron chi connectivity index (χ2n) is 7.90. The number of hydrogen-bond donors (Lipinski definition) is 0. The quantitative estimate of drug-likeness (QED) is 0.265. The van der Waals surface area contributed by atoms with Crippen LogP contribution in [0.25, 0.3) is 44.3 Å². The summed E-state index contributed by atoms with van der Waals surface area (Å²) in [4.78, 5) is 18.5. The SMILES string of the molecule is Fc1ccc(-c2cc3cccnc3nc2Sc2nc3ncccc3cc2-c2ccc(F)cc2)cc1. The number of pyridine rings is 4. The lowest BCUT2D eigenvalue weighted by molar-refractivity contribution is 0.627. The van der Waals surface area contributed by atoms with E-state index in [9.17, 15) is 8.78 Å². The highest BCUT2D eigenvalue weighted by atomic mass is 32.2. The van der Waals surface area contributed by atoms with Gasteiger partial charge in [0.15, 0.2) is 11.3 Å². The minimum Gasteiger partial charge on any atom is -0.237 e. The van der Waals surface area contributed by atoms with Crippen LogP contribution in [0.5, 0.6) is 0 Å². The number of halogens is 2. The third kappa shape index (κ3) is 4.22. The van der Waals surface area contributed by atoms with Crippen molar-refractivity contribution in [3.63, 3.8) is 0 Å². The molecule has 0 fully saturated rings. The third-order valence-corrected chi connectivity index (χ3v) is 6.62. The van der Waals surface area contributed by atoms with Gasteiger partial charge in [-0.1, -0.05) is 24.3 Å². The van der Waals surface area contributed by atoms with Crippen molar-refractivity contribution in [2.75, 3.05) is 0 Å². The molecule has 7 heteroatoms. The molecule has 0 unspecified atom stereocenters. The highest BCUT2D eigenvalue weighted by Gasteiger charge is 2.17. The molecular weight excluding hydrogens is 462 g/mol. The molecule has 4 nitrogen and oxygen atoms in total. The molecule has 0 aliphatic heterocycles. The van der Waals surface area contributed by atoms with Gasteiger partial charge >= 0.3 is 0 Å². The average Bonchev–Trinajstić information content (AvgIpc) is 2.89. The van der Waals surface area contributed by atoms with Gasteiger partial charge in [0.25, 0.3) is 0 Å². The monoisotopic (exact) mass is 478 g/mol. The molecule has 2 aromatic carbocycles. The molecule has 0 radical (unpaired) electrons. The van der Waals surface area contributed by atoms with E-state index in [0.717, 1.165) is 33.0 Å². The summed E-state index contributed by atoms with van der Waals surface area (Å²) in [6.07, 6.45) is 3.40. The fourth-order valence-electron chi connectivity index (χ4n) is 3.90. The van der Waals surface area contributed by atoms with Crippen molar-refractivity contribution in [3.05, 3.63) is 109 Å². The topological polar surface area (TPSA) is 51.6 Å². The van der Waals surface area contributed by atoms with Crippen LogP contribution in [0.1, 0.15) is 0 Å². The molecule has 0 aliphatic carbocycles. The van der Waals surface area contributed by atoms with Crippen LogP contribution in [-0.2, 0) is 0 Å². The first-order chi connectivity index (χ1) is 17.1. The van der Waals surface area contributed by atoms with Crippen molar-refractivity contribution >= 4 is 33.8 Å². The van der Waals surface area contributed by atoms with E-state index >= 15 is 0 Å². The number of nitrogens with zero attached hydrogens (tertiary/aromatic N) is 4. The lowest BCUT2D eigenvalue weighted by atomic mass is 10.1. The first-order valence-electron chi connectivity index (χ1n) is 10.9. The molecule has 0 amide bonds. The van der Waals surface area contributed by atoms with Gasteiger partial charge in [-0.25, -0.2) is 28.7 Å². The molecule has 168 valence electrons. The molecule has 0 aliphatic rings. The smallest absolute Gasteiger partial charge is 0.160 e. The normalized spacial score (nSPS) is 11.3. The zero-order valence-electron chi connectivity index (χ0n) is 18.2. The Morgan fingerprint density at radius 3 is 1.40 bits per heavy atom. The minimum absolute atomic E-state index is 0.306. The Morgan fingerprint density at radius 1 is 0.543 bits per heavy atom. The molecule has 4 aromatic heterocycles. The van der Waals surface area contributed by atoms with Gasteiger partial charge in [-0.2, -0.15) is 0 Å². The van der Waals surface area contributed by atoms with Crippen molar-refractivity contribution in [2.24, 2.45) is 0 Å². The number of rotatable bonds is 4. The average molecular weight is 479 g/mol. The lowest BCUT2D eigenvalue weighted by Crippen LogP contribution is -1.95. The van der Waals surface area contributed by atoms with E-state index in [1.165, 1.54) is 36.0 Å². The van der Waals surface area contributed by atoms with Crippen LogP contribution < -0.4 is 0 Å². The number of hydrogen-bond acceptors (Lipinski definition) is 5. The Bertz CT molecular complexity index is 1560. The molecule has 0 saturated heterocycles. The van der Waals surface area contributed by atoms with Crippen LogP contribution in [0.2, 0.25) is 0 Å². The predicted octanol–water partition coefficient (Wildman–Crippen LogP) is 7.34. The Morgan fingerprint density at radius 2 is 0.971 bits per heavy atom. The van der Waals surface area contributed by atoms with Crippen molar-refractivity contribution in [1.29, 1.82) is 0 Å². The van der Waals surface area contributed by atoms with Gasteiger partial charge < -0.3 is 0 Å². The van der Waals surface area contributed by atoms with E-state index < -0.39 is 0 Å². The number of fused-ring (bicyclic) bond motifs is 2. The Balaban J connectivity index is 1.56. The number of aromatic nitrogens is 4. The number of benzene rings is 2. The highest BCUT2D eigenvalue weighted by molar-refractivity contribution is 7.99. The van der Waals surface area contributed by atoms with Gasteiger partial charge in [0, 0.05) is 34.3 Å². The van der Waals surface area contributed by atoms with Crippen LogP contribution >= 0.6 is 11.8 Å². The highest BCUT2D eigenvalue weighted by Crippen LogP contribution is 2.40. The standard InChI is InChI=1S/C28H16F2N4S/c29-21-9-5-17(6-10-21)23-15-19-3-1-13-31-25(19)33-27(23)35-28-24(18-7-11-22(30)12-8-18)16-20-4-2-14-32-26(20)34-28/h1-16H. The van der Waals surface area contributed by atoms with Crippen molar-refractivity contribution in [2.45, 2.75) is 10.1 Å². The van der Waals surface area contributed by atoms with E-state index in [4.69, 9.17) is 9.97 Å². The first-order valence-corrected chi connectivity index (χ1v) is 11.7. The zero-order chi connectivity index (χ0) is 23.8. The Labute approximate surface area is 203 Å². The van der Waals surface area contributed by atoms with Gasteiger partial charge in [-0.05, 0) is 83.6 Å². The third-order valence-electron chi connectivity index (χ3n) is 5.61. The van der Waals surface area contributed by atoms with Crippen LogP contribution in [0.4, 0.5) is 8.78 Å². The summed E-state index contributed by atoms with van der Waals surface area (Å²) in [6, 6.07) is 24.2. The van der Waals surface area contributed by atoms with Crippen molar-refractivity contribution in [1.82, 2.24) is 19.9 Å². The second kappa shape index (κ2) is 8.85. The summed E-state index contributed by atoms with van der Waals surface area (Å²) in [7, 11) is 0. The maximum absolute atomic E-state index is 13.6. The maximum atomic E-state index is 13.6. The molecule has 0 saturated carbocycles. The summed E-state index contributed by atoms with van der Waals surface area (Å²) in [5.41, 5.74) is 4.53. The summed E-state index contributed by atoms with van der Waals surface area (Å²) < 4.78 is 27.3. The molecule has 0 spiro atoms. The molecule has 6 rings (SSSR count).